The highest BCUT2D eigenvalue weighted by molar-refractivity contribution is 7.86. The van der Waals surface area contributed by atoms with E-state index in [1.54, 1.807) is 18.4 Å². The molecule has 2 aliphatic heterocycles. The average Bonchev–Trinajstić information content (AvgIpc) is 2.40. The molecule has 0 aromatic carbocycles. The van der Waals surface area contributed by atoms with Crippen LogP contribution in [0.25, 0.3) is 0 Å². The quantitative estimate of drug-likeness (QED) is 0.704. The summed E-state index contributed by atoms with van der Waals surface area (Å²) in [5.74, 6) is 0. The van der Waals surface area contributed by atoms with Gasteiger partial charge in [-0.25, -0.2) is 0 Å². The topological polar surface area (TPSA) is 53.1 Å². The first-order chi connectivity index (χ1) is 8.51. The summed E-state index contributed by atoms with van der Waals surface area (Å²) in [5.41, 5.74) is 0. The number of hydrogen-bond acceptors (Lipinski definition) is 4. The van der Waals surface area contributed by atoms with Crippen LogP contribution in [-0.2, 0) is 14.9 Å². The summed E-state index contributed by atoms with van der Waals surface area (Å²) >= 11 is 0. The molecule has 0 amide bonds. The van der Waals surface area contributed by atoms with E-state index in [4.69, 9.17) is 4.74 Å². The fourth-order valence-corrected chi connectivity index (χ4v) is 3.75. The molecule has 18 heavy (non-hydrogen) atoms. The van der Waals surface area contributed by atoms with Crippen molar-refractivity contribution in [2.75, 3.05) is 53.5 Å². The van der Waals surface area contributed by atoms with Gasteiger partial charge in [-0.15, -0.1) is 0 Å². The zero-order chi connectivity index (χ0) is 13.2. The zero-order valence-electron chi connectivity index (χ0n) is 11.2. The number of morpholine rings is 1. The lowest BCUT2D eigenvalue weighted by atomic mass is 10.0. The maximum absolute atomic E-state index is 12.0. The van der Waals surface area contributed by atoms with E-state index < -0.39 is 10.2 Å². The maximum Gasteiger partial charge on any atom is 0.281 e. The van der Waals surface area contributed by atoms with Crippen molar-refractivity contribution >= 4 is 10.2 Å². The van der Waals surface area contributed by atoms with Gasteiger partial charge in [0.1, 0.15) is 0 Å². The van der Waals surface area contributed by atoms with Gasteiger partial charge in [-0.05, 0) is 12.8 Å². The molecule has 2 rings (SSSR count). The zero-order valence-corrected chi connectivity index (χ0v) is 12.0. The molecule has 0 aliphatic carbocycles. The van der Waals surface area contributed by atoms with Crippen molar-refractivity contribution in [2.24, 2.45) is 0 Å². The molecule has 2 aliphatic rings. The second-order valence-electron chi connectivity index (χ2n) is 5.07. The second-order valence-corrected chi connectivity index (χ2v) is 7.21. The molecule has 6 nitrogen and oxygen atoms in total. The summed E-state index contributed by atoms with van der Waals surface area (Å²) in [6.45, 7) is 4.81. The summed E-state index contributed by atoms with van der Waals surface area (Å²) in [4.78, 5) is 2.43. The van der Waals surface area contributed by atoms with Crippen LogP contribution in [0.4, 0.5) is 0 Å². The van der Waals surface area contributed by atoms with Gasteiger partial charge >= 0.3 is 0 Å². The van der Waals surface area contributed by atoms with E-state index in [9.17, 15) is 8.42 Å². The third kappa shape index (κ3) is 3.03. The minimum Gasteiger partial charge on any atom is -0.379 e. The summed E-state index contributed by atoms with van der Waals surface area (Å²) in [6, 6.07) is 0.516. The summed E-state index contributed by atoms with van der Waals surface area (Å²) in [7, 11) is -0.0572. The van der Waals surface area contributed by atoms with E-state index in [2.05, 4.69) is 4.90 Å². The van der Waals surface area contributed by atoms with Crippen LogP contribution >= 0.6 is 0 Å². The molecule has 2 fully saturated rings. The molecule has 106 valence electrons. The van der Waals surface area contributed by atoms with Crippen molar-refractivity contribution in [3.8, 4) is 0 Å². The SMILES string of the molecule is CN(C)S(=O)(=O)N1CCC(N2CCOCC2)CC1. The van der Waals surface area contributed by atoms with Gasteiger partial charge in [0.05, 0.1) is 13.2 Å². The summed E-state index contributed by atoms with van der Waals surface area (Å²) in [6.07, 6.45) is 1.85. The van der Waals surface area contributed by atoms with Crippen LogP contribution in [0.15, 0.2) is 0 Å². The molecule has 0 bridgehead atoms. The molecule has 0 spiro atoms. The lowest BCUT2D eigenvalue weighted by Gasteiger charge is -2.40. The highest BCUT2D eigenvalue weighted by Crippen LogP contribution is 2.20. The van der Waals surface area contributed by atoms with Gasteiger partial charge in [0.25, 0.3) is 10.2 Å². The highest BCUT2D eigenvalue weighted by atomic mass is 32.2. The van der Waals surface area contributed by atoms with Crippen LogP contribution < -0.4 is 0 Å². The minimum atomic E-state index is -3.23. The lowest BCUT2D eigenvalue weighted by molar-refractivity contribution is 0.00589. The first kappa shape index (κ1) is 14.2. The number of ether oxygens (including phenoxy) is 1. The number of piperidine rings is 1. The average molecular weight is 277 g/mol. The maximum atomic E-state index is 12.0. The van der Waals surface area contributed by atoms with Crippen LogP contribution in [-0.4, -0.2) is 81.5 Å². The Kier molecular flexibility index (Phi) is 4.60. The van der Waals surface area contributed by atoms with Crippen LogP contribution in [0.5, 0.6) is 0 Å². The molecule has 2 saturated heterocycles. The van der Waals surface area contributed by atoms with Crippen molar-refractivity contribution in [3.63, 3.8) is 0 Å². The van der Waals surface area contributed by atoms with Crippen molar-refractivity contribution in [3.05, 3.63) is 0 Å². The van der Waals surface area contributed by atoms with E-state index in [0.717, 1.165) is 39.1 Å². The number of nitrogens with zero attached hydrogens (tertiary/aromatic N) is 3. The third-order valence-corrected chi connectivity index (χ3v) is 5.71. The Morgan fingerprint density at radius 3 is 2.11 bits per heavy atom. The fraction of sp³-hybridized carbons (Fsp3) is 1.00. The van der Waals surface area contributed by atoms with Crippen LogP contribution in [0.3, 0.4) is 0 Å². The second kappa shape index (κ2) is 5.83. The van der Waals surface area contributed by atoms with Crippen molar-refractivity contribution in [2.45, 2.75) is 18.9 Å². The number of rotatable bonds is 3. The van der Waals surface area contributed by atoms with E-state index in [-0.39, 0.29) is 0 Å². The molecule has 0 atom stereocenters. The highest BCUT2D eigenvalue weighted by Gasteiger charge is 2.32. The van der Waals surface area contributed by atoms with Crippen molar-refractivity contribution < 1.29 is 13.2 Å². The van der Waals surface area contributed by atoms with E-state index in [1.807, 2.05) is 0 Å². The van der Waals surface area contributed by atoms with Gasteiger partial charge in [-0.2, -0.15) is 17.0 Å². The largest absolute Gasteiger partial charge is 0.379 e. The first-order valence-corrected chi connectivity index (χ1v) is 7.91. The van der Waals surface area contributed by atoms with E-state index >= 15 is 0 Å². The summed E-state index contributed by atoms with van der Waals surface area (Å²) < 4.78 is 32.2. The van der Waals surface area contributed by atoms with Gasteiger partial charge in [0, 0.05) is 46.3 Å². The van der Waals surface area contributed by atoms with E-state index in [0.29, 0.717) is 19.1 Å². The predicted octanol–water partition coefficient (Wildman–Crippen LogP) is -0.411. The van der Waals surface area contributed by atoms with E-state index in [1.165, 1.54) is 4.31 Å². The Morgan fingerprint density at radius 1 is 1.06 bits per heavy atom. The molecule has 2 heterocycles. The smallest absolute Gasteiger partial charge is 0.281 e. The van der Waals surface area contributed by atoms with Gasteiger partial charge < -0.3 is 4.74 Å². The Labute approximate surface area is 110 Å². The molecule has 0 saturated carbocycles. The summed E-state index contributed by atoms with van der Waals surface area (Å²) in [5, 5.41) is 0. The van der Waals surface area contributed by atoms with Crippen LogP contribution in [0, 0.1) is 0 Å². The molecule has 7 heteroatoms. The van der Waals surface area contributed by atoms with Gasteiger partial charge in [-0.3, -0.25) is 4.90 Å². The van der Waals surface area contributed by atoms with Gasteiger partial charge in [0.15, 0.2) is 0 Å². The molecule has 0 radical (unpaired) electrons. The van der Waals surface area contributed by atoms with Crippen molar-refractivity contribution in [1.29, 1.82) is 0 Å². The van der Waals surface area contributed by atoms with Crippen LogP contribution in [0.1, 0.15) is 12.8 Å². The molecule has 0 aromatic rings. The standard InChI is InChI=1S/C11H23N3O3S/c1-12(2)18(15,16)14-5-3-11(4-6-14)13-7-9-17-10-8-13/h11H,3-10H2,1-2H3. The first-order valence-electron chi connectivity index (χ1n) is 6.51. The van der Waals surface area contributed by atoms with Crippen molar-refractivity contribution in [1.82, 2.24) is 13.5 Å². The molecule has 0 aromatic heterocycles. The lowest BCUT2D eigenvalue weighted by Crippen LogP contribution is -2.51. The van der Waals surface area contributed by atoms with Gasteiger partial charge in [0.2, 0.25) is 0 Å². The molecule has 0 N–H and O–H groups in total. The normalized spacial score (nSPS) is 25.7. The Morgan fingerprint density at radius 2 is 1.61 bits per heavy atom. The molecular weight excluding hydrogens is 254 g/mol. The Balaban J connectivity index is 1.88. The van der Waals surface area contributed by atoms with Gasteiger partial charge in [-0.1, -0.05) is 0 Å². The fourth-order valence-electron chi connectivity index (χ4n) is 2.61. The number of hydrogen-bond donors (Lipinski definition) is 0. The minimum absolute atomic E-state index is 0.516. The monoisotopic (exact) mass is 277 g/mol. The molecular formula is C11H23N3O3S. The van der Waals surface area contributed by atoms with Crippen LogP contribution in [0.2, 0.25) is 0 Å². The predicted molar refractivity (Wildman–Crippen MR) is 69.6 cm³/mol. The Hall–Kier alpha value is -0.210. The third-order valence-electron chi connectivity index (χ3n) is 3.77. The Bertz CT molecular complexity index is 358. The molecule has 0 unspecified atom stereocenters.